The SMILES string of the molecule is CC1(c2c(F)ccc(Cl)c2Cl)CCCC1. The lowest BCUT2D eigenvalue weighted by atomic mass is 9.80. The van der Waals surface area contributed by atoms with Gasteiger partial charge in [0.05, 0.1) is 10.0 Å². The molecule has 0 heterocycles. The van der Waals surface area contributed by atoms with E-state index in [0.29, 0.717) is 15.6 Å². The zero-order chi connectivity index (χ0) is 11.1. The van der Waals surface area contributed by atoms with E-state index in [-0.39, 0.29) is 11.2 Å². The van der Waals surface area contributed by atoms with Gasteiger partial charge in [-0.2, -0.15) is 0 Å². The molecule has 82 valence electrons. The fourth-order valence-corrected chi connectivity index (χ4v) is 3.02. The maximum absolute atomic E-state index is 13.8. The molecule has 0 N–H and O–H groups in total. The van der Waals surface area contributed by atoms with Crippen LogP contribution in [-0.2, 0) is 5.41 Å². The minimum atomic E-state index is -0.228. The fraction of sp³-hybridized carbons (Fsp3) is 0.500. The first-order valence-corrected chi connectivity index (χ1v) is 5.94. The first-order valence-electron chi connectivity index (χ1n) is 5.18. The van der Waals surface area contributed by atoms with Crippen molar-refractivity contribution in [2.45, 2.75) is 38.0 Å². The third-order valence-electron chi connectivity index (χ3n) is 3.35. The molecule has 0 nitrogen and oxygen atoms in total. The molecule has 15 heavy (non-hydrogen) atoms. The minimum absolute atomic E-state index is 0.133. The Labute approximate surface area is 99.4 Å². The summed E-state index contributed by atoms with van der Waals surface area (Å²) in [7, 11) is 0. The highest BCUT2D eigenvalue weighted by Gasteiger charge is 2.35. The van der Waals surface area contributed by atoms with Crippen LogP contribution >= 0.6 is 23.2 Å². The van der Waals surface area contributed by atoms with E-state index in [1.54, 1.807) is 0 Å². The smallest absolute Gasteiger partial charge is 0.128 e. The largest absolute Gasteiger partial charge is 0.207 e. The standard InChI is InChI=1S/C12H13Cl2F/c1-12(6-2-3-7-12)10-9(15)5-4-8(13)11(10)14/h4-5H,2-3,6-7H2,1H3. The third-order valence-corrected chi connectivity index (χ3v) is 4.16. The predicted molar refractivity (Wildman–Crippen MR) is 62.2 cm³/mol. The summed E-state index contributed by atoms with van der Waals surface area (Å²) in [5.74, 6) is -0.228. The van der Waals surface area contributed by atoms with E-state index in [2.05, 4.69) is 6.92 Å². The molecule has 0 amide bonds. The summed E-state index contributed by atoms with van der Waals surface area (Å²) in [5, 5.41) is 0.835. The predicted octanol–water partition coefficient (Wildman–Crippen LogP) is 4.96. The molecular formula is C12H13Cl2F. The van der Waals surface area contributed by atoms with Crippen LogP contribution < -0.4 is 0 Å². The summed E-state index contributed by atoms with van der Waals surface area (Å²) in [4.78, 5) is 0. The van der Waals surface area contributed by atoms with Gasteiger partial charge in [0, 0.05) is 5.56 Å². The Balaban J connectivity index is 2.55. The number of rotatable bonds is 1. The maximum atomic E-state index is 13.8. The minimum Gasteiger partial charge on any atom is -0.207 e. The molecule has 3 heteroatoms. The van der Waals surface area contributed by atoms with Crippen LogP contribution in [0.2, 0.25) is 10.0 Å². The molecule has 0 spiro atoms. The van der Waals surface area contributed by atoms with Crippen LogP contribution in [0.1, 0.15) is 38.2 Å². The molecule has 1 aromatic carbocycles. The van der Waals surface area contributed by atoms with Crippen molar-refractivity contribution < 1.29 is 4.39 Å². The van der Waals surface area contributed by atoms with E-state index in [1.165, 1.54) is 12.1 Å². The van der Waals surface area contributed by atoms with Gasteiger partial charge in [-0.1, -0.05) is 43.0 Å². The lowest BCUT2D eigenvalue weighted by Crippen LogP contribution is -2.19. The van der Waals surface area contributed by atoms with Crippen LogP contribution in [0.5, 0.6) is 0 Å². The van der Waals surface area contributed by atoms with Crippen molar-refractivity contribution in [3.8, 4) is 0 Å². The summed E-state index contributed by atoms with van der Waals surface area (Å²) in [6, 6.07) is 2.92. The Morgan fingerprint density at radius 2 is 1.80 bits per heavy atom. The first kappa shape index (κ1) is 11.2. The van der Waals surface area contributed by atoms with Crippen molar-refractivity contribution >= 4 is 23.2 Å². The van der Waals surface area contributed by atoms with Gasteiger partial charge in [-0.3, -0.25) is 0 Å². The summed E-state index contributed by atoms with van der Waals surface area (Å²) >= 11 is 12.0. The molecule has 1 aliphatic rings. The van der Waals surface area contributed by atoms with Gasteiger partial charge in [0.2, 0.25) is 0 Å². The van der Waals surface area contributed by atoms with Gasteiger partial charge in [-0.25, -0.2) is 4.39 Å². The summed E-state index contributed by atoms with van der Waals surface area (Å²) < 4.78 is 13.8. The van der Waals surface area contributed by atoms with Crippen LogP contribution in [0.4, 0.5) is 4.39 Å². The highest BCUT2D eigenvalue weighted by molar-refractivity contribution is 6.42. The number of hydrogen-bond acceptors (Lipinski definition) is 0. The maximum Gasteiger partial charge on any atom is 0.128 e. The highest BCUT2D eigenvalue weighted by Crippen LogP contribution is 2.46. The molecule has 0 aliphatic heterocycles. The number of halogens is 3. The van der Waals surface area contributed by atoms with E-state index in [4.69, 9.17) is 23.2 Å². The Morgan fingerprint density at radius 1 is 1.20 bits per heavy atom. The Morgan fingerprint density at radius 3 is 2.40 bits per heavy atom. The molecule has 2 rings (SSSR count). The van der Waals surface area contributed by atoms with Crippen molar-refractivity contribution in [2.24, 2.45) is 0 Å². The van der Waals surface area contributed by atoms with Crippen LogP contribution in [0, 0.1) is 5.82 Å². The Kier molecular flexibility index (Phi) is 2.96. The van der Waals surface area contributed by atoms with Gasteiger partial charge in [0.1, 0.15) is 5.82 Å². The summed E-state index contributed by atoms with van der Waals surface area (Å²) in [6.45, 7) is 2.07. The molecule has 0 saturated heterocycles. The molecule has 1 aliphatic carbocycles. The molecule has 0 atom stereocenters. The fourth-order valence-electron chi connectivity index (χ4n) is 2.49. The Hall–Kier alpha value is -0.270. The topological polar surface area (TPSA) is 0 Å². The van der Waals surface area contributed by atoms with E-state index in [1.807, 2.05) is 0 Å². The van der Waals surface area contributed by atoms with Crippen molar-refractivity contribution in [1.29, 1.82) is 0 Å². The highest BCUT2D eigenvalue weighted by atomic mass is 35.5. The quantitative estimate of drug-likeness (QED) is 0.615. The molecular weight excluding hydrogens is 234 g/mol. The van der Waals surface area contributed by atoms with Gasteiger partial charge in [-0.15, -0.1) is 0 Å². The van der Waals surface area contributed by atoms with Crippen molar-refractivity contribution in [3.63, 3.8) is 0 Å². The summed E-state index contributed by atoms with van der Waals surface area (Å²) in [6.07, 6.45) is 4.26. The second kappa shape index (κ2) is 3.95. The van der Waals surface area contributed by atoms with Gasteiger partial charge >= 0.3 is 0 Å². The number of benzene rings is 1. The molecule has 1 saturated carbocycles. The molecule has 0 bridgehead atoms. The normalized spacial score (nSPS) is 19.5. The van der Waals surface area contributed by atoms with E-state index < -0.39 is 0 Å². The summed E-state index contributed by atoms with van der Waals surface area (Å²) in [5.41, 5.74) is 0.473. The van der Waals surface area contributed by atoms with Gasteiger partial charge in [-0.05, 0) is 30.4 Å². The second-order valence-corrected chi connectivity index (χ2v) is 5.27. The average molecular weight is 247 g/mol. The van der Waals surface area contributed by atoms with Crippen LogP contribution in [-0.4, -0.2) is 0 Å². The molecule has 1 fully saturated rings. The number of hydrogen-bond donors (Lipinski definition) is 0. The Bertz CT molecular complexity index is 381. The first-order chi connectivity index (χ1) is 7.04. The van der Waals surface area contributed by atoms with E-state index in [9.17, 15) is 4.39 Å². The molecule has 1 aromatic rings. The van der Waals surface area contributed by atoms with Crippen LogP contribution in [0.3, 0.4) is 0 Å². The van der Waals surface area contributed by atoms with Crippen molar-refractivity contribution in [1.82, 2.24) is 0 Å². The molecule has 0 aromatic heterocycles. The lowest BCUT2D eigenvalue weighted by Gasteiger charge is -2.26. The monoisotopic (exact) mass is 246 g/mol. The zero-order valence-electron chi connectivity index (χ0n) is 8.62. The lowest BCUT2D eigenvalue weighted by molar-refractivity contribution is 0.457. The zero-order valence-corrected chi connectivity index (χ0v) is 10.1. The van der Waals surface area contributed by atoms with E-state index >= 15 is 0 Å². The van der Waals surface area contributed by atoms with Gasteiger partial charge < -0.3 is 0 Å². The molecule has 0 radical (unpaired) electrons. The van der Waals surface area contributed by atoms with Gasteiger partial charge in [0.15, 0.2) is 0 Å². The van der Waals surface area contributed by atoms with Crippen molar-refractivity contribution in [3.05, 3.63) is 33.6 Å². The van der Waals surface area contributed by atoms with E-state index in [0.717, 1.165) is 25.7 Å². The third kappa shape index (κ3) is 1.88. The van der Waals surface area contributed by atoms with Crippen LogP contribution in [0.25, 0.3) is 0 Å². The van der Waals surface area contributed by atoms with Crippen molar-refractivity contribution in [2.75, 3.05) is 0 Å². The van der Waals surface area contributed by atoms with Gasteiger partial charge in [0.25, 0.3) is 0 Å². The molecule has 0 unspecified atom stereocenters. The average Bonchev–Trinajstić information content (AvgIpc) is 2.60. The second-order valence-electron chi connectivity index (χ2n) is 4.49. The van der Waals surface area contributed by atoms with Crippen LogP contribution in [0.15, 0.2) is 12.1 Å².